The van der Waals surface area contributed by atoms with E-state index in [4.69, 9.17) is 9.47 Å². The molecule has 1 aliphatic rings. The Bertz CT molecular complexity index is 664. The molecular formula is C18H23N3O3. The van der Waals surface area contributed by atoms with Gasteiger partial charge in [0.05, 0.1) is 14.2 Å². The topological polar surface area (TPSA) is 74.6 Å². The van der Waals surface area contributed by atoms with Crippen LogP contribution in [0.3, 0.4) is 0 Å². The molecule has 1 aromatic carbocycles. The third-order valence-electron chi connectivity index (χ3n) is 4.16. The molecule has 1 saturated heterocycles. The summed E-state index contributed by atoms with van der Waals surface area (Å²) in [5.74, 6) is 0.665. The Hall–Kier alpha value is -2.68. The van der Waals surface area contributed by atoms with Crippen molar-refractivity contribution < 1.29 is 14.3 Å². The second-order valence-electron chi connectivity index (χ2n) is 5.76. The second-order valence-corrected chi connectivity index (χ2v) is 5.76. The number of hydrogen-bond acceptors (Lipinski definition) is 5. The average molecular weight is 329 g/mol. The molecule has 1 amide bonds. The van der Waals surface area contributed by atoms with Gasteiger partial charge in [0.25, 0.3) is 5.91 Å². The Labute approximate surface area is 142 Å². The lowest BCUT2D eigenvalue weighted by Crippen LogP contribution is -2.34. The maximum absolute atomic E-state index is 12.4. The molecule has 0 saturated carbocycles. The van der Waals surface area contributed by atoms with Gasteiger partial charge in [-0.2, -0.15) is 5.26 Å². The van der Waals surface area contributed by atoms with Crippen LogP contribution in [0.4, 0.5) is 5.69 Å². The van der Waals surface area contributed by atoms with E-state index < -0.39 is 5.91 Å². The van der Waals surface area contributed by atoms with Crippen LogP contribution in [0.1, 0.15) is 26.2 Å². The third kappa shape index (κ3) is 4.19. The van der Waals surface area contributed by atoms with Crippen molar-refractivity contribution in [3.8, 4) is 17.6 Å². The molecule has 1 unspecified atom stereocenters. The van der Waals surface area contributed by atoms with E-state index in [1.807, 2.05) is 6.07 Å². The van der Waals surface area contributed by atoms with Crippen LogP contribution in [-0.2, 0) is 4.79 Å². The maximum Gasteiger partial charge on any atom is 0.267 e. The predicted octanol–water partition coefficient (Wildman–Crippen LogP) is 2.92. The lowest BCUT2D eigenvalue weighted by Gasteiger charge is -2.32. The Kier molecular flexibility index (Phi) is 6.07. The molecule has 6 nitrogen and oxygen atoms in total. The number of hydrogen-bond donors (Lipinski definition) is 1. The van der Waals surface area contributed by atoms with Crippen LogP contribution in [0.5, 0.6) is 11.5 Å². The van der Waals surface area contributed by atoms with E-state index in [0.717, 1.165) is 19.4 Å². The predicted molar refractivity (Wildman–Crippen MR) is 91.9 cm³/mol. The van der Waals surface area contributed by atoms with Crippen molar-refractivity contribution in [3.05, 3.63) is 30.0 Å². The summed E-state index contributed by atoms with van der Waals surface area (Å²) < 4.78 is 10.4. The van der Waals surface area contributed by atoms with Crippen molar-refractivity contribution in [1.82, 2.24) is 4.90 Å². The second kappa shape index (κ2) is 8.25. The molecule has 1 heterocycles. The van der Waals surface area contributed by atoms with Crippen LogP contribution >= 0.6 is 0 Å². The number of nitriles is 1. The summed E-state index contributed by atoms with van der Waals surface area (Å²) in [6, 6.07) is 7.41. The van der Waals surface area contributed by atoms with Crippen LogP contribution in [0, 0.1) is 11.3 Å². The van der Waals surface area contributed by atoms with Gasteiger partial charge in [-0.05, 0) is 38.3 Å². The number of nitrogens with zero attached hydrogens (tertiary/aromatic N) is 2. The number of methoxy groups -OCH3 is 2. The Balaban J connectivity index is 2.13. The van der Waals surface area contributed by atoms with Gasteiger partial charge in [-0.3, -0.25) is 4.79 Å². The summed E-state index contributed by atoms with van der Waals surface area (Å²) >= 11 is 0. The van der Waals surface area contributed by atoms with Crippen molar-refractivity contribution in [3.63, 3.8) is 0 Å². The van der Waals surface area contributed by atoms with Crippen molar-refractivity contribution in [2.45, 2.75) is 32.2 Å². The zero-order valence-corrected chi connectivity index (χ0v) is 14.3. The fraction of sp³-hybridized carbons (Fsp3) is 0.444. The van der Waals surface area contributed by atoms with Gasteiger partial charge in [0.15, 0.2) is 11.5 Å². The van der Waals surface area contributed by atoms with E-state index in [9.17, 15) is 10.1 Å². The van der Waals surface area contributed by atoms with Crippen LogP contribution in [0.2, 0.25) is 0 Å². The fourth-order valence-corrected chi connectivity index (χ4v) is 2.73. The molecule has 128 valence electrons. The number of amides is 1. The molecule has 0 aliphatic carbocycles. The number of ether oxygens (including phenoxy) is 2. The first-order valence-corrected chi connectivity index (χ1v) is 8.00. The number of piperidine rings is 1. The molecule has 1 atom stereocenters. The summed E-state index contributed by atoms with van der Waals surface area (Å²) in [7, 11) is 3.08. The Morgan fingerprint density at radius 2 is 2.08 bits per heavy atom. The van der Waals surface area contributed by atoms with Gasteiger partial charge in [-0.25, -0.2) is 0 Å². The number of anilines is 1. The first-order chi connectivity index (χ1) is 11.6. The van der Waals surface area contributed by atoms with Crippen LogP contribution < -0.4 is 14.8 Å². The molecule has 0 radical (unpaired) electrons. The molecular weight excluding hydrogens is 306 g/mol. The van der Waals surface area contributed by atoms with E-state index in [1.165, 1.54) is 13.5 Å². The number of rotatable bonds is 5. The van der Waals surface area contributed by atoms with Gasteiger partial charge in [0, 0.05) is 30.5 Å². The van der Waals surface area contributed by atoms with E-state index >= 15 is 0 Å². The summed E-state index contributed by atoms with van der Waals surface area (Å²) in [4.78, 5) is 14.4. The quantitative estimate of drug-likeness (QED) is 0.664. The monoisotopic (exact) mass is 329 g/mol. The molecule has 0 spiro atoms. The van der Waals surface area contributed by atoms with Gasteiger partial charge >= 0.3 is 0 Å². The minimum absolute atomic E-state index is 0.0959. The summed E-state index contributed by atoms with van der Waals surface area (Å²) in [6.07, 6.45) is 5.01. The third-order valence-corrected chi connectivity index (χ3v) is 4.16. The SMILES string of the molecule is COc1ccc(NC(=O)/C(C#N)=C\N2CCCCC2C)cc1OC. The number of carbonyl (C=O) groups is 1. The number of carbonyl (C=O) groups excluding carboxylic acids is 1. The first kappa shape index (κ1) is 17.7. The normalized spacial score (nSPS) is 17.8. The van der Waals surface area contributed by atoms with Crippen LogP contribution in [0.15, 0.2) is 30.0 Å². The van der Waals surface area contributed by atoms with Crippen LogP contribution in [0.25, 0.3) is 0 Å². The van der Waals surface area contributed by atoms with E-state index in [1.54, 1.807) is 31.5 Å². The highest BCUT2D eigenvalue weighted by Gasteiger charge is 2.18. The fourth-order valence-electron chi connectivity index (χ4n) is 2.73. The smallest absolute Gasteiger partial charge is 0.267 e. The van der Waals surface area contributed by atoms with E-state index in [-0.39, 0.29) is 5.57 Å². The zero-order chi connectivity index (χ0) is 17.5. The Morgan fingerprint density at radius 3 is 2.71 bits per heavy atom. The lowest BCUT2D eigenvalue weighted by molar-refractivity contribution is -0.112. The highest BCUT2D eigenvalue weighted by Crippen LogP contribution is 2.30. The van der Waals surface area contributed by atoms with Crippen molar-refractivity contribution in [1.29, 1.82) is 5.26 Å². The molecule has 6 heteroatoms. The molecule has 1 N–H and O–H groups in total. The summed E-state index contributed by atoms with van der Waals surface area (Å²) in [5, 5.41) is 12.1. The van der Waals surface area contributed by atoms with Gasteiger partial charge in [0.2, 0.25) is 0 Å². The highest BCUT2D eigenvalue weighted by atomic mass is 16.5. The minimum atomic E-state index is -0.428. The number of benzene rings is 1. The number of nitrogens with one attached hydrogen (secondary N) is 1. The maximum atomic E-state index is 12.4. The standard InChI is InChI=1S/C18H23N3O3/c1-13-6-4-5-9-21(13)12-14(11-19)18(22)20-15-7-8-16(23-2)17(10-15)24-3/h7-8,10,12-13H,4-6,9H2,1-3H3,(H,20,22)/b14-12-. The highest BCUT2D eigenvalue weighted by molar-refractivity contribution is 6.06. The van der Waals surface area contributed by atoms with Crippen molar-refractivity contribution >= 4 is 11.6 Å². The zero-order valence-electron chi connectivity index (χ0n) is 14.3. The molecule has 0 aromatic heterocycles. The molecule has 24 heavy (non-hydrogen) atoms. The van der Waals surface area contributed by atoms with E-state index in [2.05, 4.69) is 17.1 Å². The van der Waals surface area contributed by atoms with Crippen molar-refractivity contribution in [2.75, 3.05) is 26.1 Å². The lowest BCUT2D eigenvalue weighted by atomic mass is 10.0. The molecule has 2 rings (SSSR count). The van der Waals surface area contributed by atoms with Gasteiger partial charge in [-0.15, -0.1) is 0 Å². The Morgan fingerprint density at radius 1 is 1.33 bits per heavy atom. The molecule has 1 aromatic rings. The van der Waals surface area contributed by atoms with Crippen LogP contribution in [-0.4, -0.2) is 37.6 Å². The summed E-state index contributed by atoms with van der Waals surface area (Å²) in [5.41, 5.74) is 0.643. The summed E-state index contributed by atoms with van der Waals surface area (Å²) in [6.45, 7) is 2.98. The van der Waals surface area contributed by atoms with Gasteiger partial charge < -0.3 is 19.7 Å². The average Bonchev–Trinajstić information content (AvgIpc) is 2.60. The molecule has 1 fully saturated rings. The largest absolute Gasteiger partial charge is 0.493 e. The minimum Gasteiger partial charge on any atom is -0.493 e. The molecule has 0 bridgehead atoms. The van der Waals surface area contributed by atoms with Crippen molar-refractivity contribution in [2.24, 2.45) is 0 Å². The number of likely N-dealkylation sites (tertiary alicyclic amines) is 1. The first-order valence-electron chi connectivity index (χ1n) is 8.00. The van der Waals surface area contributed by atoms with Gasteiger partial charge in [0.1, 0.15) is 11.6 Å². The van der Waals surface area contributed by atoms with Gasteiger partial charge in [-0.1, -0.05) is 0 Å². The molecule has 1 aliphatic heterocycles. The van der Waals surface area contributed by atoms with E-state index in [0.29, 0.717) is 23.2 Å².